The van der Waals surface area contributed by atoms with Gasteiger partial charge in [-0.05, 0) is 48.7 Å². The largest absolute Gasteiger partial charge is 0.497 e. The molecular weight excluding hydrogens is 460 g/mol. The number of hydrogen-bond acceptors (Lipinski definition) is 6. The molecule has 4 rings (SSSR count). The van der Waals surface area contributed by atoms with Gasteiger partial charge in [-0.3, -0.25) is 9.59 Å². The van der Waals surface area contributed by atoms with Crippen molar-refractivity contribution in [2.45, 2.75) is 44.3 Å². The summed E-state index contributed by atoms with van der Waals surface area (Å²) < 4.78 is 21.9. The number of amides is 2. The Morgan fingerprint density at radius 2 is 1.72 bits per heavy atom. The standard InChI is InChI=1S/C28H32N2O6/c1-33-21-15-13-19(14-16-21)18-30(28(32)24-12-7-17-36-24)25(27(31)29-20-8-4-5-9-20)22-10-6-11-23(34-2)26(22)35-3/h6-7,10-17,20,25H,4-5,8-9,18H2,1-3H3,(H,29,31)/t25-/m1/s1. The average molecular weight is 493 g/mol. The number of carbonyl (C=O) groups is 2. The number of rotatable bonds is 10. The molecule has 1 N–H and O–H groups in total. The van der Waals surface area contributed by atoms with Crippen LogP contribution >= 0.6 is 0 Å². The van der Waals surface area contributed by atoms with E-state index in [1.54, 1.807) is 44.6 Å². The molecule has 1 heterocycles. The fraction of sp³-hybridized carbons (Fsp3) is 0.357. The fourth-order valence-corrected chi connectivity index (χ4v) is 4.68. The zero-order valence-corrected chi connectivity index (χ0v) is 20.9. The molecule has 36 heavy (non-hydrogen) atoms. The van der Waals surface area contributed by atoms with Crippen LogP contribution in [-0.2, 0) is 11.3 Å². The lowest BCUT2D eigenvalue weighted by atomic mass is 10.00. The molecular formula is C28H32N2O6. The first-order chi connectivity index (χ1) is 17.5. The molecule has 2 amide bonds. The summed E-state index contributed by atoms with van der Waals surface area (Å²) in [6.45, 7) is 0.159. The van der Waals surface area contributed by atoms with Crippen LogP contribution in [0.4, 0.5) is 0 Å². The number of nitrogens with zero attached hydrogens (tertiary/aromatic N) is 1. The number of hydrogen-bond donors (Lipinski definition) is 1. The maximum atomic E-state index is 13.9. The van der Waals surface area contributed by atoms with Gasteiger partial charge < -0.3 is 28.8 Å². The van der Waals surface area contributed by atoms with E-state index in [1.165, 1.54) is 18.3 Å². The molecule has 1 atom stereocenters. The minimum Gasteiger partial charge on any atom is -0.497 e. The Balaban J connectivity index is 1.81. The number of ether oxygens (including phenoxy) is 3. The molecule has 190 valence electrons. The van der Waals surface area contributed by atoms with Gasteiger partial charge in [0, 0.05) is 18.2 Å². The molecule has 0 bridgehead atoms. The number of para-hydroxylation sites is 1. The molecule has 0 radical (unpaired) electrons. The van der Waals surface area contributed by atoms with Crippen molar-refractivity contribution in [2.75, 3.05) is 21.3 Å². The van der Waals surface area contributed by atoms with Crippen LogP contribution in [0.1, 0.15) is 53.4 Å². The van der Waals surface area contributed by atoms with E-state index < -0.39 is 11.9 Å². The van der Waals surface area contributed by atoms with E-state index in [0.717, 1.165) is 31.2 Å². The second-order valence-corrected chi connectivity index (χ2v) is 8.73. The van der Waals surface area contributed by atoms with Crippen LogP contribution in [0.25, 0.3) is 0 Å². The Bertz CT molecular complexity index is 1150. The van der Waals surface area contributed by atoms with Crippen LogP contribution in [0.2, 0.25) is 0 Å². The summed E-state index contributed by atoms with van der Waals surface area (Å²) in [7, 11) is 4.66. The van der Waals surface area contributed by atoms with E-state index >= 15 is 0 Å². The Labute approximate surface area is 211 Å². The van der Waals surface area contributed by atoms with E-state index in [2.05, 4.69) is 5.32 Å². The lowest BCUT2D eigenvalue weighted by Crippen LogP contribution is -2.46. The summed E-state index contributed by atoms with van der Waals surface area (Å²) in [5.74, 6) is 1.04. The highest BCUT2D eigenvalue weighted by atomic mass is 16.5. The van der Waals surface area contributed by atoms with Crippen molar-refractivity contribution in [1.82, 2.24) is 10.2 Å². The normalized spacial score (nSPS) is 14.2. The number of nitrogens with one attached hydrogen (secondary N) is 1. The monoisotopic (exact) mass is 492 g/mol. The second kappa shape index (κ2) is 11.7. The van der Waals surface area contributed by atoms with Crippen LogP contribution in [0, 0.1) is 0 Å². The predicted octanol–water partition coefficient (Wildman–Crippen LogP) is 4.75. The SMILES string of the molecule is COc1ccc(CN(C(=O)c2ccco2)[C@@H](C(=O)NC2CCCC2)c2cccc(OC)c2OC)cc1. The maximum absolute atomic E-state index is 13.9. The van der Waals surface area contributed by atoms with Crippen LogP contribution in [0.3, 0.4) is 0 Å². The number of benzene rings is 2. The van der Waals surface area contributed by atoms with Crippen LogP contribution < -0.4 is 19.5 Å². The van der Waals surface area contributed by atoms with Gasteiger partial charge in [0.1, 0.15) is 11.8 Å². The quantitative estimate of drug-likeness (QED) is 0.439. The van der Waals surface area contributed by atoms with Crippen molar-refractivity contribution in [3.8, 4) is 17.2 Å². The molecule has 0 spiro atoms. The van der Waals surface area contributed by atoms with E-state index in [0.29, 0.717) is 22.8 Å². The third-order valence-corrected chi connectivity index (χ3v) is 6.49. The van der Waals surface area contributed by atoms with Gasteiger partial charge in [-0.1, -0.05) is 37.1 Å². The lowest BCUT2D eigenvalue weighted by Gasteiger charge is -2.32. The molecule has 1 saturated carbocycles. The molecule has 3 aromatic rings. The summed E-state index contributed by atoms with van der Waals surface area (Å²) in [5.41, 5.74) is 1.36. The highest BCUT2D eigenvalue weighted by Gasteiger charge is 2.37. The van der Waals surface area contributed by atoms with E-state index in [4.69, 9.17) is 18.6 Å². The molecule has 0 saturated heterocycles. The lowest BCUT2D eigenvalue weighted by molar-refractivity contribution is -0.126. The highest BCUT2D eigenvalue weighted by molar-refractivity contribution is 5.96. The molecule has 1 fully saturated rings. The van der Waals surface area contributed by atoms with Crippen LogP contribution in [0.5, 0.6) is 17.2 Å². The van der Waals surface area contributed by atoms with Crippen molar-refractivity contribution in [1.29, 1.82) is 0 Å². The van der Waals surface area contributed by atoms with Gasteiger partial charge in [0.05, 0.1) is 27.6 Å². The Morgan fingerprint density at radius 1 is 0.972 bits per heavy atom. The minimum absolute atomic E-state index is 0.0677. The smallest absolute Gasteiger partial charge is 0.290 e. The fourth-order valence-electron chi connectivity index (χ4n) is 4.68. The van der Waals surface area contributed by atoms with Crippen molar-refractivity contribution < 1.29 is 28.2 Å². The van der Waals surface area contributed by atoms with Gasteiger partial charge in [0.25, 0.3) is 5.91 Å². The minimum atomic E-state index is -0.990. The van der Waals surface area contributed by atoms with E-state index in [-0.39, 0.29) is 24.3 Å². The molecule has 1 aliphatic rings. The zero-order valence-electron chi connectivity index (χ0n) is 20.9. The van der Waals surface area contributed by atoms with Crippen molar-refractivity contribution >= 4 is 11.8 Å². The Hall–Kier alpha value is -3.94. The first kappa shape index (κ1) is 25.2. The van der Waals surface area contributed by atoms with Gasteiger partial charge in [0.2, 0.25) is 5.91 Å². The maximum Gasteiger partial charge on any atom is 0.290 e. The van der Waals surface area contributed by atoms with Crippen molar-refractivity contribution in [2.24, 2.45) is 0 Å². The molecule has 0 unspecified atom stereocenters. The van der Waals surface area contributed by atoms with Gasteiger partial charge in [-0.15, -0.1) is 0 Å². The third kappa shape index (κ3) is 5.48. The first-order valence-corrected chi connectivity index (χ1v) is 12.0. The summed E-state index contributed by atoms with van der Waals surface area (Å²) in [6.07, 6.45) is 5.41. The van der Waals surface area contributed by atoms with Crippen molar-refractivity contribution in [3.05, 3.63) is 77.7 Å². The molecule has 0 aliphatic heterocycles. The molecule has 1 aromatic heterocycles. The molecule has 1 aliphatic carbocycles. The van der Waals surface area contributed by atoms with Gasteiger partial charge >= 0.3 is 0 Å². The van der Waals surface area contributed by atoms with E-state index in [9.17, 15) is 9.59 Å². The van der Waals surface area contributed by atoms with E-state index in [1.807, 2.05) is 24.3 Å². The number of methoxy groups -OCH3 is 3. The highest BCUT2D eigenvalue weighted by Crippen LogP contribution is 2.38. The van der Waals surface area contributed by atoms with Crippen molar-refractivity contribution in [3.63, 3.8) is 0 Å². The molecule has 2 aromatic carbocycles. The Morgan fingerprint density at radius 3 is 2.33 bits per heavy atom. The van der Waals surface area contributed by atoms with Gasteiger partial charge in [0.15, 0.2) is 17.3 Å². The summed E-state index contributed by atoms with van der Waals surface area (Å²) in [4.78, 5) is 29.2. The Kier molecular flexibility index (Phi) is 8.15. The second-order valence-electron chi connectivity index (χ2n) is 8.73. The first-order valence-electron chi connectivity index (χ1n) is 12.0. The van der Waals surface area contributed by atoms with Crippen LogP contribution in [-0.4, -0.2) is 44.1 Å². The third-order valence-electron chi connectivity index (χ3n) is 6.49. The molecule has 8 nitrogen and oxygen atoms in total. The van der Waals surface area contributed by atoms with Crippen LogP contribution in [0.15, 0.2) is 65.3 Å². The zero-order chi connectivity index (χ0) is 25.5. The number of carbonyl (C=O) groups excluding carboxylic acids is 2. The average Bonchev–Trinajstić information content (AvgIpc) is 3.63. The topological polar surface area (TPSA) is 90.2 Å². The summed E-state index contributed by atoms with van der Waals surface area (Å²) in [6, 6.07) is 15.0. The van der Waals surface area contributed by atoms with Gasteiger partial charge in [-0.25, -0.2) is 0 Å². The molecule has 8 heteroatoms. The predicted molar refractivity (Wildman–Crippen MR) is 134 cm³/mol. The number of furan rings is 1. The van der Waals surface area contributed by atoms with Gasteiger partial charge in [-0.2, -0.15) is 0 Å². The summed E-state index contributed by atoms with van der Waals surface area (Å²) in [5, 5.41) is 3.17. The summed E-state index contributed by atoms with van der Waals surface area (Å²) >= 11 is 0.